The monoisotopic (exact) mass is 401 g/mol. The lowest BCUT2D eigenvalue weighted by Gasteiger charge is -2.05. The zero-order valence-electron chi connectivity index (χ0n) is 15.8. The van der Waals surface area contributed by atoms with Gasteiger partial charge in [0, 0.05) is 11.3 Å². The van der Waals surface area contributed by atoms with Crippen LogP contribution < -0.4 is 10.6 Å². The van der Waals surface area contributed by atoms with Crippen molar-refractivity contribution in [2.75, 3.05) is 10.6 Å². The molecule has 5 nitrogen and oxygen atoms in total. The number of carbonyl (C=O) groups excluding carboxylic acids is 2. The Morgan fingerprint density at radius 3 is 2.45 bits per heavy atom. The molecule has 2 N–H and O–H groups in total. The first-order valence-corrected chi connectivity index (χ1v) is 10.0. The molecule has 0 aliphatic rings. The van der Waals surface area contributed by atoms with Crippen LogP contribution in [0.15, 0.2) is 72.8 Å². The lowest BCUT2D eigenvalue weighted by atomic mass is 10.1. The Labute approximate surface area is 172 Å². The van der Waals surface area contributed by atoms with Gasteiger partial charge in [-0.05, 0) is 42.8 Å². The number of benzene rings is 3. The van der Waals surface area contributed by atoms with Gasteiger partial charge in [-0.2, -0.15) is 0 Å². The summed E-state index contributed by atoms with van der Waals surface area (Å²) in [7, 11) is 0. The van der Waals surface area contributed by atoms with Gasteiger partial charge >= 0.3 is 0 Å². The maximum Gasteiger partial charge on any atom is 0.257 e. The molecule has 1 heterocycles. The van der Waals surface area contributed by atoms with Crippen LogP contribution in [0, 0.1) is 6.92 Å². The first-order chi connectivity index (χ1) is 14.1. The molecule has 0 saturated heterocycles. The Morgan fingerprint density at radius 2 is 1.69 bits per heavy atom. The van der Waals surface area contributed by atoms with Crippen LogP contribution in [0.4, 0.5) is 10.8 Å². The predicted octanol–water partition coefficient (Wildman–Crippen LogP) is 5.04. The van der Waals surface area contributed by atoms with E-state index in [1.54, 1.807) is 12.1 Å². The highest BCUT2D eigenvalue weighted by Crippen LogP contribution is 2.28. The quantitative estimate of drug-likeness (QED) is 0.492. The Morgan fingerprint density at radius 1 is 0.931 bits per heavy atom. The van der Waals surface area contributed by atoms with E-state index in [1.807, 2.05) is 67.6 Å². The van der Waals surface area contributed by atoms with Crippen molar-refractivity contribution in [3.8, 4) is 0 Å². The molecule has 0 radical (unpaired) electrons. The Bertz CT molecular complexity index is 1170. The van der Waals surface area contributed by atoms with E-state index in [4.69, 9.17) is 0 Å². The molecular formula is C23H19N3O2S. The lowest BCUT2D eigenvalue weighted by molar-refractivity contribution is -0.115. The van der Waals surface area contributed by atoms with E-state index in [1.165, 1.54) is 11.3 Å². The summed E-state index contributed by atoms with van der Waals surface area (Å²) in [6.07, 6.45) is 0.319. The number of aryl methyl sites for hydroxylation is 1. The van der Waals surface area contributed by atoms with E-state index in [2.05, 4.69) is 15.6 Å². The van der Waals surface area contributed by atoms with Crippen molar-refractivity contribution in [3.05, 3.63) is 89.5 Å². The van der Waals surface area contributed by atoms with Crippen molar-refractivity contribution in [2.45, 2.75) is 13.3 Å². The maximum atomic E-state index is 12.4. The third-order valence-electron chi connectivity index (χ3n) is 4.41. The zero-order valence-corrected chi connectivity index (χ0v) is 16.6. The Balaban J connectivity index is 1.45. The number of aromatic nitrogens is 1. The first-order valence-electron chi connectivity index (χ1n) is 9.19. The SMILES string of the molecule is Cc1ccc(C(=O)Nc2nc3ccc(NC(=O)Cc4ccccc4)cc3s2)cc1. The summed E-state index contributed by atoms with van der Waals surface area (Å²) in [5.74, 6) is -0.270. The van der Waals surface area contributed by atoms with E-state index in [9.17, 15) is 9.59 Å². The average Bonchev–Trinajstić information content (AvgIpc) is 3.10. The van der Waals surface area contributed by atoms with Gasteiger partial charge in [0.1, 0.15) is 0 Å². The van der Waals surface area contributed by atoms with Crippen molar-refractivity contribution in [1.82, 2.24) is 4.98 Å². The average molecular weight is 401 g/mol. The van der Waals surface area contributed by atoms with Gasteiger partial charge in [0.05, 0.1) is 16.6 Å². The third kappa shape index (κ3) is 4.67. The van der Waals surface area contributed by atoms with Gasteiger partial charge in [0.2, 0.25) is 5.91 Å². The first kappa shape index (κ1) is 18.8. The summed E-state index contributed by atoms with van der Waals surface area (Å²) in [5.41, 5.74) is 4.13. The largest absolute Gasteiger partial charge is 0.326 e. The van der Waals surface area contributed by atoms with Crippen LogP contribution in [-0.4, -0.2) is 16.8 Å². The molecule has 4 rings (SSSR count). The van der Waals surface area contributed by atoms with Gasteiger partial charge in [-0.15, -0.1) is 0 Å². The fourth-order valence-corrected chi connectivity index (χ4v) is 3.82. The van der Waals surface area contributed by atoms with Crippen LogP contribution >= 0.6 is 11.3 Å². The van der Waals surface area contributed by atoms with Crippen molar-refractivity contribution in [1.29, 1.82) is 0 Å². The normalized spacial score (nSPS) is 10.7. The van der Waals surface area contributed by atoms with Crippen LogP contribution in [0.25, 0.3) is 10.2 Å². The molecule has 2 amide bonds. The standard InChI is InChI=1S/C23H19N3O2S/c1-15-7-9-17(10-8-15)22(28)26-23-25-19-12-11-18(14-20(19)29-23)24-21(27)13-16-5-3-2-4-6-16/h2-12,14H,13H2,1H3,(H,24,27)(H,25,26,28). The van der Waals surface area contributed by atoms with Crippen LogP contribution in [-0.2, 0) is 11.2 Å². The summed E-state index contributed by atoms with van der Waals surface area (Å²) in [6, 6.07) is 22.5. The van der Waals surface area contributed by atoms with Crippen LogP contribution in [0.5, 0.6) is 0 Å². The fraction of sp³-hybridized carbons (Fsp3) is 0.0870. The molecule has 0 saturated carbocycles. The smallest absolute Gasteiger partial charge is 0.257 e. The third-order valence-corrected chi connectivity index (χ3v) is 5.35. The summed E-state index contributed by atoms with van der Waals surface area (Å²) in [5, 5.41) is 6.28. The highest BCUT2D eigenvalue weighted by Gasteiger charge is 2.11. The molecule has 4 aromatic rings. The minimum absolute atomic E-state index is 0.0760. The minimum atomic E-state index is -0.194. The zero-order chi connectivity index (χ0) is 20.2. The summed E-state index contributed by atoms with van der Waals surface area (Å²) in [4.78, 5) is 29.1. The Hall–Kier alpha value is -3.51. The molecule has 0 aliphatic carbocycles. The molecule has 0 fully saturated rings. The highest BCUT2D eigenvalue weighted by atomic mass is 32.1. The second-order valence-corrected chi connectivity index (χ2v) is 7.76. The second-order valence-electron chi connectivity index (χ2n) is 6.73. The van der Waals surface area contributed by atoms with E-state index >= 15 is 0 Å². The predicted molar refractivity (Wildman–Crippen MR) is 118 cm³/mol. The molecule has 29 heavy (non-hydrogen) atoms. The maximum absolute atomic E-state index is 12.4. The van der Waals surface area contributed by atoms with Crippen molar-refractivity contribution >= 4 is 44.2 Å². The molecule has 6 heteroatoms. The molecule has 1 aromatic heterocycles. The topological polar surface area (TPSA) is 71.1 Å². The van der Waals surface area contributed by atoms with Gasteiger partial charge < -0.3 is 5.32 Å². The van der Waals surface area contributed by atoms with Crippen LogP contribution in [0.2, 0.25) is 0 Å². The van der Waals surface area contributed by atoms with Gasteiger partial charge in [-0.3, -0.25) is 14.9 Å². The minimum Gasteiger partial charge on any atom is -0.326 e. The summed E-state index contributed by atoms with van der Waals surface area (Å²) < 4.78 is 0.890. The fourth-order valence-electron chi connectivity index (χ4n) is 2.92. The van der Waals surface area contributed by atoms with Crippen molar-refractivity contribution in [2.24, 2.45) is 0 Å². The number of carbonyl (C=O) groups is 2. The number of hydrogen-bond donors (Lipinski definition) is 2. The van der Waals surface area contributed by atoms with Gasteiger partial charge in [-0.25, -0.2) is 4.98 Å². The molecule has 0 aliphatic heterocycles. The molecule has 3 aromatic carbocycles. The molecule has 0 bridgehead atoms. The number of fused-ring (bicyclic) bond motifs is 1. The highest BCUT2D eigenvalue weighted by molar-refractivity contribution is 7.22. The number of rotatable bonds is 5. The van der Waals surface area contributed by atoms with Crippen LogP contribution in [0.3, 0.4) is 0 Å². The Kier molecular flexibility index (Phi) is 5.35. The van der Waals surface area contributed by atoms with E-state index in [-0.39, 0.29) is 11.8 Å². The molecule has 0 unspecified atom stereocenters. The number of amides is 2. The van der Waals surface area contributed by atoms with E-state index < -0.39 is 0 Å². The van der Waals surface area contributed by atoms with Crippen molar-refractivity contribution < 1.29 is 9.59 Å². The second kappa shape index (κ2) is 8.24. The molecule has 144 valence electrons. The summed E-state index contributed by atoms with van der Waals surface area (Å²) in [6.45, 7) is 1.98. The number of thiazole rings is 1. The van der Waals surface area contributed by atoms with Gasteiger partial charge in [0.15, 0.2) is 5.13 Å². The number of anilines is 2. The lowest BCUT2D eigenvalue weighted by Crippen LogP contribution is -2.14. The number of nitrogens with zero attached hydrogens (tertiary/aromatic N) is 1. The van der Waals surface area contributed by atoms with Crippen LogP contribution in [0.1, 0.15) is 21.5 Å². The van der Waals surface area contributed by atoms with E-state index in [0.29, 0.717) is 22.8 Å². The molecular weight excluding hydrogens is 382 g/mol. The van der Waals surface area contributed by atoms with Gasteiger partial charge in [0.25, 0.3) is 5.91 Å². The summed E-state index contributed by atoms with van der Waals surface area (Å²) >= 11 is 1.37. The van der Waals surface area contributed by atoms with Crippen molar-refractivity contribution in [3.63, 3.8) is 0 Å². The van der Waals surface area contributed by atoms with Gasteiger partial charge in [-0.1, -0.05) is 59.4 Å². The number of nitrogens with one attached hydrogen (secondary N) is 2. The van der Waals surface area contributed by atoms with E-state index in [0.717, 1.165) is 21.3 Å². The molecule has 0 atom stereocenters. The molecule has 0 spiro atoms. The number of hydrogen-bond acceptors (Lipinski definition) is 4.